The third-order valence-corrected chi connectivity index (χ3v) is 3.48. The maximum absolute atomic E-state index is 6.36. The van der Waals surface area contributed by atoms with Crippen LogP contribution in [-0.4, -0.2) is 0 Å². The molecule has 0 saturated carbocycles. The Morgan fingerprint density at radius 1 is 1.25 bits per heavy atom. The first-order valence-corrected chi connectivity index (χ1v) is 6.32. The molecule has 0 spiro atoms. The fraction of sp³-hybridized carbons (Fsp3) is 0.231. The van der Waals surface area contributed by atoms with Gasteiger partial charge in [-0.2, -0.15) is 0 Å². The molecular weight excluding hydrogens is 287 g/mol. The Morgan fingerprint density at radius 3 is 2.50 bits per heavy atom. The van der Waals surface area contributed by atoms with Crippen LogP contribution >= 0.6 is 27.5 Å². The highest BCUT2D eigenvalue weighted by Crippen LogP contribution is 2.28. The van der Waals surface area contributed by atoms with Gasteiger partial charge in [-0.25, -0.2) is 0 Å². The van der Waals surface area contributed by atoms with Crippen LogP contribution in [-0.2, 0) is 6.42 Å². The third-order valence-electron chi connectivity index (χ3n) is 2.56. The van der Waals surface area contributed by atoms with Crippen LogP contribution in [0.3, 0.4) is 0 Å². The molecule has 0 aliphatic rings. The summed E-state index contributed by atoms with van der Waals surface area (Å²) in [5.74, 6) is 0.900. The Bertz CT molecular complexity index is 461. The molecule has 84 valence electrons. The van der Waals surface area contributed by atoms with Crippen LogP contribution < -0.4 is 0 Å². The summed E-state index contributed by atoms with van der Waals surface area (Å²) in [5, 5.41) is -0.0278. The van der Waals surface area contributed by atoms with Gasteiger partial charge < -0.3 is 4.42 Å². The number of rotatable bonds is 3. The van der Waals surface area contributed by atoms with Gasteiger partial charge in [0, 0.05) is 10.0 Å². The van der Waals surface area contributed by atoms with Crippen molar-refractivity contribution in [3.63, 3.8) is 0 Å². The van der Waals surface area contributed by atoms with Crippen LogP contribution in [0.15, 0.2) is 45.5 Å². The van der Waals surface area contributed by atoms with Crippen LogP contribution in [0.1, 0.15) is 22.3 Å². The zero-order valence-corrected chi connectivity index (χ0v) is 11.3. The van der Waals surface area contributed by atoms with Crippen LogP contribution in [0.25, 0.3) is 0 Å². The van der Waals surface area contributed by atoms with E-state index >= 15 is 0 Å². The molecule has 1 aromatic carbocycles. The average molecular weight is 300 g/mol. The average Bonchev–Trinajstić information content (AvgIpc) is 2.68. The maximum atomic E-state index is 6.36. The van der Waals surface area contributed by atoms with Crippen molar-refractivity contribution in [2.75, 3.05) is 0 Å². The van der Waals surface area contributed by atoms with Crippen molar-refractivity contribution in [2.45, 2.75) is 18.7 Å². The molecule has 2 aromatic rings. The van der Waals surface area contributed by atoms with E-state index in [1.54, 1.807) is 6.26 Å². The maximum Gasteiger partial charge on any atom is 0.105 e. The molecule has 0 aliphatic heterocycles. The first-order valence-electron chi connectivity index (χ1n) is 5.09. The molecule has 0 fully saturated rings. The second kappa shape index (κ2) is 5.07. The molecule has 1 heterocycles. The zero-order chi connectivity index (χ0) is 11.5. The van der Waals surface area contributed by atoms with Gasteiger partial charge in [-0.3, -0.25) is 0 Å². The van der Waals surface area contributed by atoms with Gasteiger partial charge in [0.05, 0.1) is 11.6 Å². The van der Waals surface area contributed by atoms with E-state index in [-0.39, 0.29) is 5.38 Å². The van der Waals surface area contributed by atoms with Crippen molar-refractivity contribution >= 4 is 27.5 Å². The number of hydrogen-bond donors (Lipinski definition) is 0. The Kier molecular flexibility index (Phi) is 3.72. The third kappa shape index (κ3) is 2.69. The number of alkyl halides is 1. The second-order valence-corrected chi connectivity index (χ2v) is 5.17. The lowest BCUT2D eigenvalue weighted by molar-refractivity contribution is 0.529. The Morgan fingerprint density at radius 2 is 1.94 bits per heavy atom. The molecule has 0 amide bonds. The normalized spacial score (nSPS) is 12.7. The summed E-state index contributed by atoms with van der Waals surface area (Å²) in [6.07, 6.45) is 2.50. The fourth-order valence-corrected chi connectivity index (χ4v) is 2.33. The molecule has 1 aromatic heterocycles. The molecule has 0 saturated heterocycles. The van der Waals surface area contributed by atoms with Crippen molar-refractivity contribution in [3.8, 4) is 0 Å². The van der Waals surface area contributed by atoms with Crippen LogP contribution in [0.4, 0.5) is 0 Å². The lowest BCUT2D eigenvalue weighted by Crippen LogP contribution is -1.95. The first kappa shape index (κ1) is 11.7. The van der Waals surface area contributed by atoms with Gasteiger partial charge in [-0.05, 0) is 37.1 Å². The van der Waals surface area contributed by atoms with Crippen molar-refractivity contribution in [2.24, 2.45) is 0 Å². The standard InChI is InChI=1S/C13H12BrClO/c1-9-12(6-7-16-9)13(15)8-10-2-4-11(14)5-3-10/h2-7,13H,8H2,1H3. The topological polar surface area (TPSA) is 13.1 Å². The lowest BCUT2D eigenvalue weighted by atomic mass is 10.0. The molecule has 1 atom stereocenters. The predicted molar refractivity (Wildman–Crippen MR) is 69.9 cm³/mol. The summed E-state index contributed by atoms with van der Waals surface area (Å²) < 4.78 is 6.34. The van der Waals surface area contributed by atoms with Crippen molar-refractivity contribution < 1.29 is 4.42 Å². The highest BCUT2D eigenvalue weighted by Gasteiger charge is 2.13. The molecule has 1 unspecified atom stereocenters. The van der Waals surface area contributed by atoms with Crippen LogP contribution in [0.2, 0.25) is 0 Å². The summed E-state index contributed by atoms with van der Waals surface area (Å²) in [7, 11) is 0. The minimum atomic E-state index is -0.0278. The van der Waals surface area contributed by atoms with Crippen molar-refractivity contribution in [3.05, 3.63) is 58.0 Å². The van der Waals surface area contributed by atoms with E-state index in [1.165, 1.54) is 5.56 Å². The van der Waals surface area contributed by atoms with Crippen molar-refractivity contribution in [1.29, 1.82) is 0 Å². The summed E-state index contributed by atoms with van der Waals surface area (Å²) in [5.41, 5.74) is 2.30. The van der Waals surface area contributed by atoms with Gasteiger partial charge in [0.25, 0.3) is 0 Å². The molecule has 0 bridgehead atoms. The summed E-state index contributed by atoms with van der Waals surface area (Å²) in [6.45, 7) is 1.94. The highest BCUT2D eigenvalue weighted by atomic mass is 79.9. The monoisotopic (exact) mass is 298 g/mol. The Hall–Kier alpha value is -0.730. The molecule has 0 aliphatic carbocycles. The number of furan rings is 1. The smallest absolute Gasteiger partial charge is 0.105 e. The first-order chi connectivity index (χ1) is 7.66. The predicted octanol–water partition coefficient (Wildman–Crippen LogP) is 4.87. The molecule has 0 N–H and O–H groups in total. The molecule has 0 radical (unpaired) electrons. The number of benzene rings is 1. The van der Waals surface area contributed by atoms with E-state index < -0.39 is 0 Å². The Labute approximate surface area is 109 Å². The zero-order valence-electron chi connectivity index (χ0n) is 8.91. The van der Waals surface area contributed by atoms with Gasteiger partial charge >= 0.3 is 0 Å². The SMILES string of the molecule is Cc1occc1C(Cl)Cc1ccc(Br)cc1. The largest absolute Gasteiger partial charge is 0.469 e. The second-order valence-electron chi connectivity index (χ2n) is 3.73. The lowest BCUT2D eigenvalue weighted by Gasteiger charge is -2.08. The van der Waals surface area contributed by atoms with Gasteiger partial charge in [0.2, 0.25) is 0 Å². The number of aryl methyl sites for hydroxylation is 1. The van der Waals surface area contributed by atoms with Gasteiger partial charge in [-0.1, -0.05) is 28.1 Å². The van der Waals surface area contributed by atoms with E-state index in [9.17, 15) is 0 Å². The minimum Gasteiger partial charge on any atom is -0.469 e. The minimum absolute atomic E-state index is 0.0278. The molecule has 1 nitrogen and oxygen atoms in total. The van der Waals surface area contributed by atoms with E-state index in [2.05, 4.69) is 28.1 Å². The van der Waals surface area contributed by atoms with E-state index in [1.807, 2.05) is 25.1 Å². The number of halogens is 2. The van der Waals surface area contributed by atoms with Crippen molar-refractivity contribution in [1.82, 2.24) is 0 Å². The fourth-order valence-electron chi connectivity index (χ4n) is 1.66. The van der Waals surface area contributed by atoms with Crippen LogP contribution in [0.5, 0.6) is 0 Å². The van der Waals surface area contributed by atoms with E-state index in [0.717, 1.165) is 22.2 Å². The quantitative estimate of drug-likeness (QED) is 0.737. The summed E-state index contributed by atoms with van der Waals surface area (Å²) in [4.78, 5) is 0. The van der Waals surface area contributed by atoms with E-state index in [4.69, 9.17) is 16.0 Å². The van der Waals surface area contributed by atoms with Crippen LogP contribution in [0, 0.1) is 6.92 Å². The highest BCUT2D eigenvalue weighted by molar-refractivity contribution is 9.10. The van der Waals surface area contributed by atoms with Gasteiger partial charge in [-0.15, -0.1) is 11.6 Å². The molecule has 3 heteroatoms. The number of hydrogen-bond acceptors (Lipinski definition) is 1. The molecule has 2 rings (SSSR count). The van der Waals surface area contributed by atoms with Gasteiger partial charge in [0.15, 0.2) is 0 Å². The van der Waals surface area contributed by atoms with E-state index in [0.29, 0.717) is 0 Å². The Balaban J connectivity index is 2.10. The summed E-state index contributed by atoms with van der Waals surface area (Å²) in [6, 6.07) is 10.2. The van der Waals surface area contributed by atoms with Gasteiger partial charge in [0.1, 0.15) is 5.76 Å². The molecular formula is C13H12BrClO. The summed E-state index contributed by atoms with van der Waals surface area (Å²) >= 11 is 9.77. The molecule has 16 heavy (non-hydrogen) atoms.